The van der Waals surface area contributed by atoms with Crippen LogP contribution in [0.2, 0.25) is 0 Å². The normalized spacial score (nSPS) is 25.1. The third kappa shape index (κ3) is 1.16. The average molecular weight is 165 g/mol. The number of hydrogen-bond donors (Lipinski definition) is 1. The topological polar surface area (TPSA) is 21.3 Å². The van der Waals surface area contributed by atoms with E-state index in [1.165, 1.54) is 5.57 Å². The summed E-state index contributed by atoms with van der Waals surface area (Å²) in [5.74, 6) is 0.604. The van der Waals surface area contributed by atoms with E-state index in [1.807, 2.05) is 0 Å². The van der Waals surface area contributed by atoms with Crippen LogP contribution < -0.4 is 5.32 Å². The van der Waals surface area contributed by atoms with Crippen LogP contribution in [-0.4, -0.2) is 18.8 Å². The van der Waals surface area contributed by atoms with E-state index in [0.717, 1.165) is 13.2 Å². The van der Waals surface area contributed by atoms with Crippen LogP contribution in [0, 0.1) is 5.92 Å². The molecular weight excluding hydrogens is 150 g/mol. The van der Waals surface area contributed by atoms with Crippen LogP contribution in [0.25, 0.3) is 0 Å². The monoisotopic (exact) mass is 165 g/mol. The molecule has 2 heterocycles. The van der Waals surface area contributed by atoms with E-state index in [9.17, 15) is 0 Å². The highest BCUT2D eigenvalue weighted by atomic mass is 16.5. The van der Waals surface area contributed by atoms with E-state index in [4.69, 9.17) is 4.74 Å². The fraction of sp³-hybridized carbons (Fsp3) is 0.600. The van der Waals surface area contributed by atoms with Gasteiger partial charge in [-0.25, -0.2) is 0 Å². The molecule has 0 amide bonds. The Kier molecular flexibility index (Phi) is 1.72. The van der Waals surface area contributed by atoms with Gasteiger partial charge in [-0.1, -0.05) is 26.0 Å². The molecule has 1 spiro atoms. The van der Waals surface area contributed by atoms with Crippen LogP contribution in [0.5, 0.6) is 0 Å². The lowest BCUT2D eigenvalue weighted by atomic mass is 9.91. The fourth-order valence-electron chi connectivity index (χ4n) is 1.44. The van der Waals surface area contributed by atoms with Gasteiger partial charge in [0.2, 0.25) is 0 Å². The van der Waals surface area contributed by atoms with Crippen molar-refractivity contribution in [2.24, 2.45) is 5.92 Å². The van der Waals surface area contributed by atoms with Gasteiger partial charge in [0.25, 0.3) is 0 Å². The van der Waals surface area contributed by atoms with E-state index in [-0.39, 0.29) is 5.54 Å². The molecule has 0 aromatic rings. The lowest BCUT2D eigenvalue weighted by Crippen LogP contribution is -2.58. The Labute approximate surface area is 73.3 Å². The van der Waals surface area contributed by atoms with Crippen molar-refractivity contribution in [2.75, 3.05) is 13.2 Å². The van der Waals surface area contributed by atoms with Gasteiger partial charge in [-0.2, -0.15) is 0 Å². The minimum atomic E-state index is 0.137. The molecule has 2 rings (SSSR count). The molecular formula is C10H15NO. The second kappa shape index (κ2) is 2.63. The summed E-state index contributed by atoms with van der Waals surface area (Å²) >= 11 is 0. The Morgan fingerprint density at radius 3 is 2.58 bits per heavy atom. The lowest BCUT2D eigenvalue weighted by molar-refractivity contribution is -0.0422. The summed E-state index contributed by atoms with van der Waals surface area (Å²) in [6.07, 6.45) is 6.56. The van der Waals surface area contributed by atoms with Crippen LogP contribution in [0.4, 0.5) is 0 Å². The highest BCUT2D eigenvalue weighted by Gasteiger charge is 2.36. The van der Waals surface area contributed by atoms with Crippen molar-refractivity contribution in [2.45, 2.75) is 19.4 Å². The first-order chi connectivity index (χ1) is 5.72. The molecule has 0 atom stereocenters. The molecule has 1 fully saturated rings. The van der Waals surface area contributed by atoms with Crippen molar-refractivity contribution in [3.05, 3.63) is 23.9 Å². The zero-order valence-corrected chi connectivity index (χ0v) is 7.63. The Morgan fingerprint density at radius 1 is 1.50 bits per heavy atom. The Hall–Kier alpha value is -0.760. The maximum atomic E-state index is 5.17. The molecule has 2 aliphatic rings. The van der Waals surface area contributed by atoms with Crippen LogP contribution in [0.15, 0.2) is 23.9 Å². The molecule has 1 N–H and O–H groups in total. The number of hydrogen-bond acceptors (Lipinski definition) is 2. The van der Waals surface area contributed by atoms with Gasteiger partial charge in [-0.05, 0) is 11.5 Å². The van der Waals surface area contributed by atoms with E-state index in [2.05, 4.69) is 37.5 Å². The van der Waals surface area contributed by atoms with Gasteiger partial charge < -0.3 is 10.1 Å². The molecule has 0 aromatic carbocycles. The van der Waals surface area contributed by atoms with Crippen molar-refractivity contribution in [3.8, 4) is 0 Å². The molecule has 2 heteroatoms. The zero-order chi connectivity index (χ0) is 8.60. The second-order valence-electron chi connectivity index (χ2n) is 3.93. The van der Waals surface area contributed by atoms with Crippen LogP contribution in [-0.2, 0) is 4.74 Å². The van der Waals surface area contributed by atoms with Crippen LogP contribution >= 0.6 is 0 Å². The Bertz CT molecular complexity index is 236. The highest BCUT2D eigenvalue weighted by molar-refractivity contribution is 5.31. The third-order valence-electron chi connectivity index (χ3n) is 2.51. The maximum Gasteiger partial charge on any atom is 0.102 e. The summed E-state index contributed by atoms with van der Waals surface area (Å²) < 4.78 is 5.17. The number of allylic oxidation sites excluding steroid dienone is 2. The van der Waals surface area contributed by atoms with Gasteiger partial charge in [-0.3, -0.25) is 0 Å². The van der Waals surface area contributed by atoms with Gasteiger partial charge in [0.15, 0.2) is 0 Å². The molecule has 0 aliphatic carbocycles. The average Bonchev–Trinajstić information content (AvgIpc) is 2.02. The Balaban J connectivity index is 2.06. The summed E-state index contributed by atoms with van der Waals surface area (Å²) in [6.45, 7) is 6.02. The molecule has 2 nitrogen and oxygen atoms in total. The molecule has 0 radical (unpaired) electrons. The van der Waals surface area contributed by atoms with E-state index in [1.54, 1.807) is 0 Å². The predicted octanol–water partition coefficient (Wildman–Crippen LogP) is 1.45. The van der Waals surface area contributed by atoms with Gasteiger partial charge in [0.1, 0.15) is 5.54 Å². The first-order valence-corrected chi connectivity index (χ1v) is 4.47. The quantitative estimate of drug-likeness (QED) is 0.635. The lowest BCUT2D eigenvalue weighted by Gasteiger charge is -2.41. The summed E-state index contributed by atoms with van der Waals surface area (Å²) in [6, 6.07) is 0. The van der Waals surface area contributed by atoms with E-state index >= 15 is 0 Å². The number of ether oxygens (including phenoxy) is 1. The SMILES string of the molecule is CC(C)C1=CNC2(C=C1)COC2. The molecule has 0 aromatic heterocycles. The van der Waals surface area contributed by atoms with Gasteiger partial charge in [0.05, 0.1) is 13.2 Å². The first kappa shape index (κ1) is 7.87. The minimum absolute atomic E-state index is 0.137. The van der Waals surface area contributed by atoms with Crippen molar-refractivity contribution in [1.82, 2.24) is 5.32 Å². The van der Waals surface area contributed by atoms with Gasteiger partial charge in [-0.15, -0.1) is 0 Å². The molecule has 0 saturated carbocycles. The third-order valence-corrected chi connectivity index (χ3v) is 2.51. The predicted molar refractivity (Wildman–Crippen MR) is 48.7 cm³/mol. The van der Waals surface area contributed by atoms with Gasteiger partial charge >= 0.3 is 0 Å². The van der Waals surface area contributed by atoms with E-state index in [0.29, 0.717) is 5.92 Å². The molecule has 66 valence electrons. The first-order valence-electron chi connectivity index (χ1n) is 4.47. The van der Waals surface area contributed by atoms with Crippen molar-refractivity contribution >= 4 is 0 Å². The van der Waals surface area contributed by atoms with Crippen LogP contribution in [0.3, 0.4) is 0 Å². The second-order valence-corrected chi connectivity index (χ2v) is 3.93. The smallest absolute Gasteiger partial charge is 0.102 e. The molecule has 12 heavy (non-hydrogen) atoms. The number of rotatable bonds is 1. The summed E-state index contributed by atoms with van der Waals surface area (Å²) in [5, 5.41) is 3.39. The van der Waals surface area contributed by atoms with Gasteiger partial charge in [0, 0.05) is 6.20 Å². The maximum absolute atomic E-state index is 5.17. The van der Waals surface area contributed by atoms with Crippen molar-refractivity contribution in [1.29, 1.82) is 0 Å². The molecule has 0 bridgehead atoms. The van der Waals surface area contributed by atoms with Crippen LogP contribution in [0.1, 0.15) is 13.8 Å². The minimum Gasteiger partial charge on any atom is -0.378 e. The number of nitrogens with one attached hydrogen (secondary N) is 1. The fourth-order valence-corrected chi connectivity index (χ4v) is 1.44. The summed E-state index contributed by atoms with van der Waals surface area (Å²) in [7, 11) is 0. The standard InChI is InChI=1S/C10H15NO/c1-8(2)9-3-4-10(11-5-9)6-12-7-10/h3-5,8,11H,6-7H2,1-2H3. The highest BCUT2D eigenvalue weighted by Crippen LogP contribution is 2.24. The summed E-state index contributed by atoms with van der Waals surface area (Å²) in [5.41, 5.74) is 1.51. The number of dihydropyridines is 1. The van der Waals surface area contributed by atoms with Crippen molar-refractivity contribution in [3.63, 3.8) is 0 Å². The van der Waals surface area contributed by atoms with Crippen molar-refractivity contribution < 1.29 is 4.74 Å². The molecule has 1 saturated heterocycles. The molecule has 0 unspecified atom stereocenters. The largest absolute Gasteiger partial charge is 0.378 e. The molecule has 2 aliphatic heterocycles. The summed E-state index contributed by atoms with van der Waals surface area (Å²) in [4.78, 5) is 0. The zero-order valence-electron chi connectivity index (χ0n) is 7.63. The van der Waals surface area contributed by atoms with E-state index < -0.39 is 0 Å². The Morgan fingerprint density at radius 2 is 2.25 bits per heavy atom.